The summed E-state index contributed by atoms with van der Waals surface area (Å²) in [5.41, 5.74) is 1.41. The summed E-state index contributed by atoms with van der Waals surface area (Å²) in [4.78, 5) is 4.85. The quantitative estimate of drug-likeness (QED) is 0.715. The summed E-state index contributed by atoms with van der Waals surface area (Å²) in [5.74, 6) is 0. The van der Waals surface area contributed by atoms with Crippen LogP contribution in [-0.2, 0) is 0 Å². The molecule has 1 aromatic carbocycles. The molecule has 1 aromatic rings. The van der Waals surface area contributed by atoms with Crippen molar-refractivity contribution < 1.29 is 0 Å². The Labute approximate surface area is 131 Å². The Kier molecular flexibility index (Phi) is 8.58. The summed E-state index contributed by atoms with van der Waals surface area (Å²) in [6, 6.07) is 11.9. The Morgan fingerprint density at radius 2 is 1.71 bits per heavy atom. The van der Waals surface area contributed by atoms with Crippen LogP contribution in [0.4, 0.5) is 0 Å². The van der Waals surface area contributed by atoms with E-state index in [4.69, 9.17) is 0 Å². The van der Waals surface area contributed by atoms with E-state index in [9.17, 15) is 0 Å². The molecule has 0 aliphatic heterocycles. The number of benzene rings is 1. The summed E-state index contributed by atoms with van der Waals surface area (Å²) in [6.45, 7) is 11.1. The van der Waals surface area contributed by atoms with E-state index in [1.165, 1.54) is 12.0 Å². The van der Waals surface area contributed by atoms with Gasteiger partial charge in [-0.25, -0.2) is 0 Å². The number of nitrogens with zero attached hydrogens (tertiary/aromatic N) is 2. The highest BCUT2D eigenvalue weighted by Crippen LogP contribution is 2.20. The lowest BCUT2D eigenvalue weighted by molar-refractivity contribution is 0.190. The predicted molar refractivity (Wildman–Crippen MR) is 92.7 cm³/mol. The highest BCUT2D eigenvalue weighted by Gasteiger charge is 2.18. The molecule has 3 heteroatoms. The van der Waals surface area contributed by atoms with Gasteiger partial charge in [-0.3, -0.25) is 4.90 Å². The third-order valence-corrected chi connectivity index (χ3v) is 3.80. The first kappa shape index (κ1) is 18.1. The Morgan fingerprint density at radius 1 is 1.05 bits per heavy atom. The molecule has 3 nitrogen and oxygen atoms in total. The standard InChI is InChI=1S/C18H33N3/c1-6-21(14-10-13-20(4)5)18(15-19-16(2)3)17-11-8-7-9-12-17/h7-9,11-12,16,18-19H,6,10,13-15H2,1-5H3. The molecular formula is C18H33N3. The third-order valence-electron chi connectivity index (χ3n) is 3.80. The van der Waals surface area contributed by atoms with E-state index in [2.05, 4.69) is 80.3 Å². The van der Waals surface area contributed by atoms with Gasteiger partial charge in [0.05, 0.1) is 0 Å². The molecule has 1 atom stereocenters. The molecule has 1 N–H and O–H groups in total. The second kappa shape index (κ2) is 9.93. The maximum absolute atomic E-state index is 3.61. The minimum absolute atomic E-state index is 0.459. The molecule has 0 aliphatic rings. The minimum atomic E-state index is 0.459. The molecule has 0 aliphatic carbocycles. The Morgan fingerprint density at radius 3 is 2.24 bits per heavy atom. The van der Waals surface area contributed by atoms with E-state index in [0.717, 1.165) is 26.2 Å². The maximum Gasteiger partial charge on any atom is 0.0472 e. The zero-order chi connectivity index (χ0) is 15.7. The lowest BCUT2D eigenvalue weighted by Crippen LogP contribution is -2.39. The number of nitrogens with one attached hydrogen (secondary N) is 1. The Balaban J connectivity index is 2.72. The van der Waals surface area contributed by atoms with E-state index >= 15 is 0 Å². The highest BCUT2D eigenvalue weighted by molar-refractivity contribution is 5.19. The molecule has 1 rings (SSSR count). The highest BCUT2D eigenvalue weighted by atomic mass is 15.2. The van der Waals surface area contributed by atoms with Crippen molar-refractivity contribution in [1.82, 2.24) is 15.1 Å². The monoisotopic (exact) mass is 291 g/mol. The summed E-state index contributed by atoms with van der Waals surface area (Å²) in [7, 11) is 4.29. The van der Waals surface area contributed by atoms with Gasteiger partial charge in [0.25, 0.3) is 0 Å². The van der Waals surface area contributed by atoms with Gasteiger partial charge in [0.1, 0.15) is 0 Å². The Hall–Kier alpha value is -0.900. The summed E-state index contributed by atoms with van der Waals surface area (Å²) in [6.07, 6.45) is 1.21. The lowest BCUT2D eigenvalue weighted by Gasteiger charge is -2.32. The van der Waals surface area contributed by atoms with Crippen LogP contribution in [0.2, 0.25) is 0 Å². The number of rotatable bonds is 10. The Bertz CT molecular complexity index is 362. The summed E-state index contributed by atoms with van der Waals surface area (Å²) >= 11 is 0. The van der Waals surface area contributed by atoms with Gasteiger partial charge in [0.2, 0.25) is 0 Å². The second-order valence-corrected chi connectivity index (χ2v) is 6.27. The average Bonchev–Trinajstić information content (AvgIpc) is 2.46. The molecule has 21 heavy (non-hydrogen) atoms. The second-order valence-electron chi connectivity index (χ2n) is 6.27. The van der Waals surface area contributed by atoms with Gasteiger partial charge in [0, 0.05) is 25.2 Å². The first-order valence-electron chi connectivity index (χ1n) is 8.21. The van der Waals surface area contributed by atoms with Gasteiger partial charge in [-0.1, -0.05) is 51.1 Å². The van der Waals surface area contributed by atoms with Crippen molar-refractivity contribution in [3.8, 4) is 0 Å². The zero-order valence-electron chi connectivity index (χ0n) is 14.5. The molecule has 0 aromatic heterocycles. The maximum atomic E-state index is 3.61. The average molecular weight is 291 g/mol. The number of likely N-dealkylation sites (N-methyl/N-ethyl adjacent to an activating group) is 1. The van der Waals surface area contributed by atoms with Crippen LogP contribution in [0.1, 0.15) is 38.8 Å². The number of hydrogen-bond donors (Lipinski definition) is 1. The fraction of sp³-hybridized carbons (Fsp3) is 0.667. The van der Waals surface area contributed by atoms with Crippen molar-refractivity contribution in [3.63, 3.8) is 0 Å². The van der Waals surface area contributed by atoms with Crippen LogP contribution in [-0.4, -0.2) is 56.1 Å². The van der Waals surface area contributed by atoms with Crippen LogP contribution in [0.3, 0.4) is 0 Å². The van der Waals surface area contributed by atoms with Crippen molar-refractivity contribution in [2.75, 3.05) is 40.3 Å². The molecule has 0 amide bonds. The molecule has 0 spiro atoms. The van der Waals surface area contributed by atoms with Gasteiger partial charge in [-0.15, -0.1) is 0 Å². The van der Waals surface area contributed by atoms with E-state index in [1.807, 2.05) is 0 Å². The van der Waals surface area contributed by atoms with Crippen molar-refractivity contribution >= 4 is 0 Å². The van der Waals surface area contributed by atoms with Crippen LogP contribution in [0.15, 0.2) is 30.3 Å². The van der Waals surface area contributed by atoms with Crippen LogP contribution in [0, 0.1) is 0 Å². The topological polar surface area (TPSA) is 18.5 Å². The smallest absolute Gasteiger partial charge is 0.0472 e. The molecule has 0 radical (unpaired) electrons. The van der Waals surface area contributed by atoms with Gasteiger partial charge in [-0.05, 0) is 39.2 Å². The van der Waals surface area contributed by atoms with Crippen LogP contribution < -0.4 is 5.32 Å². The van der Waals surface area contributed by atoms with Crippen LogP contribution in [0.5, 0.6) is 0 Å². The molecule has 0 saturated carbocycles. The zero-order valence-corrected chi connectivity index (χ0v) is 14.5. The van der Waals surface area contributed by atoms with Crippen LogP contribution >= 0.6 is 0 Å². The van der Waals surface area contributed by atoms with Crippen molar-refractivity contribution in [1.29, 1.82) is 0 Å². The molecule has 0 bridgehead atoms. The SMILES string of the molecule is CCN(CCCN(C)C)C(CNC(C)C)c1ccccc1. The third kappa shape index (κ3) is 7.07. The van der Waals surface area contributed by atoms with Gasteiger partial charge >= 0.3 is 0 Å². The normalized spacial score (nSPS) is 13.3. The van der Waals surface area contributed by atoms with Crippen molar-refractivity contribution in [2.45, 2.75) is 39.3 Å². The van der Waals surface area contributed by atoms with Gasteiger partial charge in [-0.2, -0.15) is 0 Å². The summed E-state index contributed by atoms with van der Waals surface area (Å²) in [5, 5.41) is 3.61. The lowest BCUT2D eigenvalue weighted by atomic mass is 10.0. The van der Waals surface area contributed by atoms with Crippen molar-refractivity contribution in [3.05, 3.63) is 35.9 Å². The van der Waals surface area contributed by atoms with Gasteiger partial charge in [0.15, 0.2) is 0 Å². The van der Waals surface area contributed by atoms with Gasteiger partial charge < -0.3 is 10.2 Å². The number of hydrogen-bond acceptors (Lipinski definition) is 3. The first-order valence-corrected chi connectivity index (χ1v) is 8.21. The molecular weight excluding hydrogens is 258 g/mol. The van der Waals surface area contributed by atoms with E-state index in [0.29, 0.717) is 12.1 Å². The van der Waals surface area contributed by atoms with E-state index < -0.39 is 0 Å². The fourth-order valence-electron chi connectivity index (χ4n) is 2.60. The van der Waals surface area contributed by atoms with Crippen LogP contribution in [0.25, 0.3) is 0 Å². The molecule has 1 unspecified atom stereocenters. The molecule has 0 saturated heterocycles. The van der Waals surface area contributed by atoms with Crippen molar-refractivity contribution in [2.24, 2.45) is 0 Å². The fourth-order valence-corrected chi connectivity index (χ4v) is 2.60. The largest absolute Gasteiger partial charge is 0.313 e. The first-order chi connectivity index (χ1) is 10.0. The predicted octanol–water partition coefficient (Wildman–Crippen LogP) is 3.00. The molecule has 0 fully saturated rings. The van der Waals surface area contributed by atoms with E-state index in [-0.39, 0.29) is 0 Å². The van der Waals surface area contributed by atoms with E-state index in [1.54, 1.807) is 0 Å². The summed E-state index contributed by atoms with van der Waals surface area (Å²) < 4.78 is 0. The minimum Gasteiger partial charge on any atom is -0.313 e. The molecule has 0 heterocycles. The molecule has 120 valence electrons.